The van der Waals surface area contributed by atoms with E-state index in [1.165, 1.54) is 7.11 Å². The molecule has 9 heteroatoms. The lowest BCUT2D eigenvalue weighted by Crippen LogP contribution is -2.59. The minimum Gasteiger partial charge on any atom is -0.454 e. The SMILES string of the molecule is CCC1OC(OC)C(OC(=O)c2ccccc2)C(OC(=O)c2ccccc2)C1N=[N+]=[N-]. The second-order valence-electron chi connectivity index (χ2n) is 6.85. The molecule has 1 fully saturated rings. The van der Waals surface area contributed by atoms with E-state index in [9.17, 15) is 9.59 Å². The Balaban J connectivity index is 1.94. The summed E-state index contributed by atoms with van der Waals surface area (Å²) in [5.41, 5.74) is 9.71. The third kappa shape index (κ3) is 5.21. The van der Waals surface area contributed by atoms with Gasteiger partial charge in [-0.05, 0) is 36.2 Å². The summed E-state index contributed by atoms with van der Waals surface area (Å²) in [5.74, 6) is -1.29. The fraction of sp³-hybridized carbons (Fsp3) is 0.364. The van der Waals surface area contributed by atoms with Crippen molar-refractivity contribution in [3.8, 4) is 0 Å². The molecule has 0 spiro atoms. The molecule has 0 amide bonds. The summed E-state index contributed by atoms with van der Waals surface area (Å²) in [6, 6.07) is 15.8. The van der Waals surface area contributed by atoms with Gasteiger partial charge >= 0.3 is 11.9 Å². The van der Waals surface area contributed by atoms with Crippen LogP contribution in [0.15, 0.2) is 65.8 Å². The summed E-state index contributed by atoms with van der Waals surface area (Å²) in [4.78, 5) is 28.4. The van der Waals surface area contributed by atoms with Crippen LogP contribution in [0.3, 0.4) is 0 Å². The summed E-state index contributed by atoms with van der Waals surface area (Å²) < 4.78 is 22.6. The van der Waals surface area contributed by atoms with E-state index in [0.29, 0.717) is 17.5 Å². The van der Waals surface area contributed by atoms with E-state index in [1.807, 2.05) is 6.92 Å². The van der Waals surface area contributed by atoms with E-state index in [0.717, 1.165) is 0 Å². The van der Waals surface area contributed by atoms with Crippen LogP contribution >= 0.6 is 0 Å². The van der Waals surface area contributed by atoms with E-state index in [2.05, 4.69) is 10.0 Å². The topological polar surface area (TPSA) is 120 Å². The molecule has 5 atom stereocenters. The molecule has 9 nitrogen and oxygen atoms in total. The van der Waals surface area contributed by atoms with Crippen molar-refractivity contribution in [2.24, 2.45) is 5.11 Å². The van der Waals surface area contributed by atoms with E-state index >= 15 is 0 Å². The maximum absolute atomic E-state index is 12.8. The van der Waals surface area contributed by atoms with E-state index in [4.69, 9.17) is 24.5 Å². The second-order valence-corrected chi connectivity index (χ2v) is 6.85. The molecule has 0 N–H and O–H groups in total. The third-order valence-corrected chi connectivity index (χ3v) is 4.94. The summed E-state index contributed by atoms with van der Waals surface area (Å²) in [5, 5.41) is 3.79. The number of rotatable bonds is 7. The highest BCUT2D eigenvalue weighted by Gasteiger charge is 2.50. The van der Waals surface area contributed by atoms with Gasteiger partial charge in [0.1, 0.15) is 6.04 Å². The van der Waals surface area contributed by atoms with Crippen molar-refractivity contribution in [2.75, 3.05) is 7.11 Å². The standard InChI is InChI=1S/C22H23N3O6/c1-3-16-17(24-25-23)18(30-20(26)14-10-6-4-7-11-14)19(22(28-2)29-16)31-21(27)15-12-8-5-9-13-15/h4-13,16-19,22H,3H2,1-2H3. The van der Waals surface area contributed by atoms with Crippen molar-refractivity contribution in [3.05, 3.63) is 82.2 Å². The van der Waals surface area contributed by atoms with Crippen molar-refractivity contribution >= 4 is 11.9 Å². The molecular formula is C22H23N3O6. The normalized spacial score (nSPS) is 25.2. The number of benzene rings is 2. The van der Waals surface area contributed by atoms with Gasteiger partial charge in [0.25, 0.3) is 0 Å². The summed E-state index contributed by atoms with van der Waals surface area (Å²) in [6.45, 7) is 1.84. The number of esters is 2. The van der Waals surface area contributed by atoms with Gasteiger partial charge in [-0.25, -0.2) is 9.59 Å². The first-order valence-corrected chi connectivity index (χ1v) is 9.83. The molecule has 1 saturated heterocycles. The number of hydrogen-bond donors (Lipinski definition) is 0. The Kier molecular flexibility index (Phi) is 7.61. The second kappa shape index (κ2) is 10.6. The van der Waals surface area contributed by atoms with Gasteiger partial charge in [0.2, 0.25) is 0 Å². The van der Waals surface area contributed by atoms with Crippen molar-refractivity contribution in [1.29, 1.82) is 0 Å². The third-order valence-electron chi connectivity index (χ3n) is 4.94. The molecule has 0 bridgehead atoms. The lowest BCUT2D eigenvalue weighted by molar-refractivity contribution is -0.262. The fourth-order valence-corrected chi connectivity index (χ4v) is 3.41. The van der Waals surface area contributed by atoms with Gasteiger partial charge in [0, 0.05) is 12.0 Å². The van der Waals surface area contributed by atoms with Crippen LogP contribution in [0, 0.1) is 0 Å². The average Bonchev–Trinajstić information content (AvgIpc) is 2.82. The Labute approximate surface area is 179 Å². The Morgan fingerprint density at radius 1 is 0.968 bits per heavy atom. The molecule has 31 heavy (non-hydrogen) atoms. The molecule has 0 radical (unpaired) electrons. The Hall–Kier alpha value is -3.39. The van der Waals surface area contributed by atoms with Gasteiger partial charge in [-0.3, -0.25) is 0 Å². The van der Waals surface area contributed by atoms with Crippen LogP contribution in [0.5, 0.6) is 0 Å². The molecule has 1 aliphatic rings. The van der Waals surface area contributed by atoms with E-state index in [1.54, 1.807) is 60.7 Å². The van der Waals surface area contributed by atoms with Crippen molar-refractivity contribution in [3.63, 3.8) is 0 Å². The highest BCUT2D eigenvalue weighted by Crippen LogP contribution is 2.31. The number of azide groups is 1. The maximum Gasteiger partial charge on any atom is 0.338 e. The lowest BCUT2D eigenvalue weighted by atomic mass is 9.94. The molecule has 1 aliphatic heterocycles. The van der Waals surface area contributed by atoms with Crippen LogP contribution in [-0.4, -0.2) is 49.7 Å². The predicted molar refractivity (Wildman–Crippen MR) is 110 cm³/mol. The largest absolute Gasteiger partial charge is 0.454 e. The highest BCUT2D eigenvalue weighted by atomic mass is 16.7. The molecule has 2 aromatic rings. The van der Waals surface area contributed by atoms with Crippen molar-refractivity contribution in [2.45, 2.75) is 44.0 Å². The highest BCUT2D eigenvalue weighted by molar-refractivity contribution is 5.90. The zero-order chi connectivity index (χ0) is 22.2. The molecule has 2 aromatic carbocycles. The van der Waals surface area contributed by atoms with Gasteiger partial charge in [-0.15, -0.1) is 0 Å². The fourth-order valence-electron chi connectivity index (χ4n) is 3.41. The van der Waals surface area contributed by atoms with Crippen LogP contribution in [-0.2, 0) is 18.9 Å². The number of nitrogens with zero attached hydrogens (tertiary/aromatic N) is 3. The first-order chi connectivity index (χ1) is 15.1. The molecule has 0 aromatic heterocycles. The Morgan fingerprint density at radius 2 is 1.48 bits per heavy atom. The first kappa shape index (κ1) is 22.3. The number of hydrogen-bond acceptors (Lipinski definition) is 7. The lowest BCUT2D eigenvalue weighted by Gasteiger charge is -2.43. The van der Waals surface area contributed by atoms with Gasteiger partial charge in [0.15, 0.2) is 18.5 Å². The van der Waals surface area contributed by atoms with Crippen LogP contribution in [0.2, 0.25) is 0 Å². The number of carbonyl (C=O) groups is 2. The predicted octanol–water partition coefficient (Wildman–Crippen LogP) is 3.90. The monoisotopic (exact) mass is 425 g/mol. The van der Waals surface area contributed by atoms with Crippen molar-refractivity contribution in [1.82, 2.24) is 0 Å². The van der Waals surface area contributed by atoms with E-state index < -0.39 is 42.6 Å². The van der Waals surface area contributed by atoms with Crippen LogP contribution in [0.25, 0.3) is 10.4 Å². The molecular weight excluding hydrogens is 402 g/mol. The van der Waals surface area contributed by atoms with Gasteiger partial charge in [0.05, 0.1) is 17.2 Å². The maximum atomic E-state index is 12.8. The number of methoxy groups -OCH3 is 1. The zero-order valence-corrected chi connectivity index (χ0v) is 17.2. The molecule has 162 valence electrons. The smallest absolute Gasteiger partial charge is 0.338 e. The summed E-state index contributed by atoms with van der Waals surface area (Å²) in [6.07, 6.45) is -3.41. The Morgan fingerprint density at radius 3 is 1.94 bits per heavy atom. The molecule has 3 rings (SSSR count). The molecule has 5 unspecified atom stereocenters. The van der Waals surface area contributed by atoms with Gasteiger partial charge < -0.3 is 18.9 Å². The first-order valence-electron chi connectivity index (χ1n) is 9.83. The minimum atomic E-state index is -1.15. The Bertz CT molecular complexity index is 933. The zero-order valence-electron chi connectivity index (χ0n) is 17.2. The summed E-state index contributed by atoms with van der Waals surface area (Å²) in [7, 11) is 1.39. The molecule has 1 heterocycles. The quantitative estimate of drug-likeness (QED) is 0.287. The molecule has 0 saturated carbocycles. The van der Waals surface area contributed by atoms with Crippen LogP contribution in [0.1, 0.15) is 34.1 Å². The van der Waals surface area contributed by atoms with Gasteiger partial charge in [-0.1, -0.05) is 48.4 Å². The minimum absolute atomic E-state index is 0.309. The number of carbonyl (C=O) groups excluding carboxylic acids is 2. The number of ether oxygens (including phenoxy) is 4. The summed E-state index contributed by atoms with van der Waals surface area (Å²) >= 11 is 0. The van der Waals surface area contributed by atoms with E-state index in [-0.39, 0.29) is 0 Å². The van der Waals surface area contributed by atoms with Crippen LogP contribution < -0.4 is 0 Å². The molecule has 0 aliphatic carbocycles. The van der Waals surface area contributed by atoms with Gasteiger partial charge in [-0.2, -0.15) is 0 Å². The average molecular weight is 425 g/mol. The van der Waals surface area contributed by atoms with Crippen molar-refractivity contribution < 1.29 is 28.5 Å². The van der Waals surface area contributed by atoms with Crippen LogP contribution in [0.4, 0.5) is 0 Å².